The van der Waals surface area contributed by atoms with E-state index in [0.717, 1.165) is 11.3 Å². The Morgan fingerprint density at radius 3 is 2.54 bits per heavy atom. The van der Waals surface area contributed by atoms with E-state index < -0.39 is 11.0 Å². The number of nitrogens with one attached hydrogen (secondary N) is 1. The molecule has 0 fully saturated rings. The molecule has 0 atom stereocenters. The summed E-state index contributed by atoms with van der Waals surface area (Å²) >= 11 is 0. The standard InChI is InChI=1S/C17H20N4O3/c1-17(2,3)16-19-14-13(15(22)21(16)23)9-18-20(14)10-11-5-7-12(24-4)8-6-11/h5-9,19H,10H2,1-4H3. The van der Waals surface area contributed by atoms with Gasteiger partial charge in [0.1, 0.15) is 5.75 Å². The molecule has 0 amide bonds. The molecule has 0 radical (unpaired) electrons. The monoisotopic (exact) mass is 328 g/mol. The minimum Gasteiger partial charge on any atom is -0.708 e. The van der Waals surface area contributed by atoms with Gasteiger partial charge in [-0.1, -0.05) is 12.1 Å². The van der Waals surface area contributed by atoms with Crippen LogP contribution in [0.2, 0.25) is 0 Å². The fraction of sp³-hybridized carbons (Fsp3) is 0.353. The van der Waals surface area contributed by atoms with Crippen LogP contribution < -0.4 is 15.0 Å². The lowest BCUT2D eigenvalue weighted by Crippen LogP contribution is -2.52. The van der Waals surface area contributed by atoms with Crippen LogP contribution in [-0.4, -0.2) is 21.9 Å². The minimum absolute atomic E-state index is 0.284. The highest BCUT2D eigenvalue weighted by atomic mass is 16.5. The lowest BCUT2D eigenvalue weighted by Gasteiger charge is -2.17. The Hall–Kier alpha value is -2.83. The number of fused-ring (bicyclic) bond motifs is 1. The zero-order valence-corrected chi connectivity index (χ0v) is 14.2. The van der Waals surface area contributed by atoms with Crippen LogP contribution in [0.15, 0.2) is 35.3 Å². The maximum Gasteiger partial charge on any atom is 0.351 e. The molecule has 1 N–H and O–H groups in total. The van der Waals surface area contributed by atoms with Crippen molar-refractivity contribution in [2.24, 2.45) is 0 Å². The molecule has 0 saturated heterocycles. The predicted octanol–water partition coefficient (Wildman–Crippen LogP) is 1.71. The number of hydrogen-bond acceptors (Lipinski definition) is 4. The first kappa shape index (κ1) is 16.0. The third-order valence-electron chi connectivity index (χ3n) is 3.90. The van der Waals surface area contributed by atoms with Crippen LogP contribution in [0.25, 0.3) is 11.0 Å². The lowest BCUT2D eigenvalue weighted by atomic mass is 9.95. The number of methoxy groups -OCH3 is 1. The normalized spacial score (nSPS) is 11.8. The number of hydrogen-bond donors (Lipinski definition) is 1. The Morgan fingerprint density at radius 2 is 1.96 bits per heavy atom. The smallest absolute Gasteiger partial charge is 0.351 e. The Labute approximate surface area is 139 Å². The van der Waals surface area contributed by atoms with Crippen LogP contribution >= 0.6 is 0 Å². The van der Waals surface area contributed by atoms with E-state index in [2.05, 4.69) is 10.1 Å². The van der Waals surface area contributed by atoms with E-state index >= 15 is 0 Å². The Kier molecular flexibility index (Phi) is 3.79. The van der Waals surface area contributed by atoms with Gasteiger partial charge in [0.25, 0.3) is 5.82 Å². The van der Waals surface area contributed by atoms with Crippen LogP contribution in [0.1, 0.15) is 32.2 Å². The molecule has 7 heteroatoms. The molecule has 0 bridgehead atoms. The molecular formula is C17H20N4O3. The largest absolute Gasteiger partial charge is 0.708 e. The van der Waals surface area contributed by atoms with Crippen molar-refractivity contribution in [1.29, 1.82) is 0 Å². The third kappa shape index (κ3) is 2.73. The van der Waals surface area contributed by atoms with Crippen molar-refractivity contribution in [2.45, 2.75) is 32.7 Å². The van der Waals surface area contributed by atoms with Crippen molar-refractivity contribution in [3.05, 3.63) is 57.4 Å². The second kappa shape index (κ2) is 5.67. The maximum atomic E-state index is 12.3. The molecular weight excluding hydrogens is 308 g/mol. The fourth-order valence-corrected chi connectivity index (χ4v) is 2.56. The summed E-state index contributed by atoms with van der Waals surface area (Å²) in [6.07, 6.45) is 1.43. The number of aromatic nitrogens is 4. The summed E-state index contributed by atoms with van der Waals surface area (Å²) < 4.78 is 7.26. The van der Waals surface area contributed by atoms with Crippen LogP contribution in [0.5, 0.6) is 5.75 Å². The quantitative estimate of drug-likeness (QED) is 0.586. The van der Waals surface area contributed by atoms with E-state index in [-0.39, 0.29) is 5.39 Å². The fourth-order valence-electron chi connectivity index (χ4n) is 2.56. The van der Waals surface area contributed by atoms with Crippen LogP contribution in [0.4, 0.5) is 0 Å². The average Bonchev–Trinajstić information content (AvgIpc) is 2.93. The highest BCUT2D eigenvalue weighted by Gasteiger charge is 2.27. The molecule has 0 spiro atoms. The highest BCUT2D eigenvalue weighted by molar-refractivity contribution is 5.72. The highest BCUT2D eigenvalue weighted by Crippen LogP contribution is 2.18. The molecule has 1 aromatic carbocycles. The summed E-state index contributed by atoms with van der Waals surface area (Å²) in [5.74, 6) is 1.09. The van der Waals surface area contributed by atoms with Crippen LogP contribution in [0.3, 0.4) is 0 Å². The van der Waals surface area contributed by atoms with Crippen molar-refractivity contribution in [3.8, 4) is 5.75 Å². The van der Waals surface area contributed by atoms with E-state index in [1.54, 1.807) is 11.8 Å². The molecule has 0 aliphatic carbocycles. The van der Waals surface area contributed by atoms with Gasteiger partial charge in [-0.15, -0.1) is 0 Å². The number of H-pyrrole nitrogens is 1. The number of nitrogens with zero attached hydrogens (tertiary/aromatic N) is 3. The average molecular weight is 328 g/mol. The lowest BCUT2D eigenvalue weighted by molar-refractivity contribution is -0.634. The van der Waals surface area contributed by atoms with Crippen LogP contribution in [0, 0.1) is 5.21 Å². The third-order valence-corrected chi connectivity index (χ3v) is 3.90. The molecule has 2 heterocycles. The van der Waals surface area contributed by atoms with Gasteiger partial charge < -0.3 is 9.94 Å². The van der Waals surface area contributed by atoms with Gasteiger partial charge in [-0.05, 0) is 38.5 Å². The van der Waals surface area contributed by atoms with Gasteiger partial charge in [-0.3, -0.25) is 0 Å². The van der Waals surface area contributed by atoms with Crippen molar-refractivity contribution in [2.75, 3.05) is 7.11 Å². The van der Waals surface area contributed by atoms with Gasteiger partial charge in [-0.2, -0.15) is 9.83 Å². The topological polar surface area (TPSA) is 86.8 Å². The predicted molar refractivity (Wildman–Crippen MR) is 90.1 cm³/mol. The summed E-state index contributed by atoms with van der Waals surface area (Å²) in [4.78, 5) is 15.4. The van der Waals surface area contributed by atoms with Crippen molar-refractivity contribution < 1.29 is 9.47 Å². The van der Waals surface area contributed by atoms with Gasteiger partial charge in [0.2, 0.25) is 5.65 Å². The molecule has 126 valence electrons. The summed E-state index contributed by atoms with van der Waals surface area (Å²) in [7, 11) is 1.62. The Bertz CT molecular complexity index is 933. The first-order chi connectivity index (χ1) is 11.3. The van der Waals surface area contributed by atoms with E-state index in [1.807, 2.05) is 45.0 Å². The van der Waals surface area contributed by atoms with Crippen molar-refractivity contribution in [3.63, 3.8) is 0 Å². The van der Waals surface area contributed by atoms with Gasteiger partial charge in [0.05, 0.1) is 25.3 Å². The number of benzene rings is 1. The Balaban J connectivity index is 2.09. The van der Waals surface area contributed by atoms with Gasteiger partial charge >= 0.3 is 5.56 Å². The SMILES string of the molecule is COc1ccc(Cn2ncc3c(=O)[n+]([O-])c(C(C)(C)C)[nH]c32)cc1. The summed E-state index contributed by atoms with van der Waals surface area (Å²) in [6, 6.07) is 7.61. The molecule has 3 rings (SSSR count). The molecule has 0 unspecified atom stereocenters. The molecule has 0 aliphatic rings. The van der Waals surface area contributed by atoms with Gasteiger partial charge in [-0.25, -0.2) is 14.5 Å². The summed E-state index contributed by atoms with van der Waals surface area (Å²) in [5.41, 5.74) is 0.491. The second-order valence-corrected chi connectivity index (χ2v) is 6.74. The van der Waals surface area contributed by atoms with Crippen molar-refractivity contribution >= 4 is 11.0 Å². The summed E-state index contributed by atoms with van der Waals surface area (Å²) in [5, 5.41) is 16.7. The van der Waals surface area contributed by atoms with Crippen LogP contribution in [-0.2, 0) is 12.0 Å². The minimum atomic E-state index is -0.588. The summed E-state index contributed by atoms with van der Waals surface area (Å²) in [6.45, 7) is 6.12. The molecule has 0 aliphatic heterocycles. The second-order valence-electron chi connectivity index (χ2n) is 6.74. The number of aromatic amines is 1. The van der Waals surface area contributed by atoms with Crippen molar-refractivity contribution in [1.82, 2.24) is 14.8 Å². The molecule has 24 heavy (non-hydrogen) atoms. The molecule has 3 aromatic rings. The van der Waals surface area contributed by atoms with Gasteiger partial charge in [0.15, 0.2) is 5.39 Å². The number of ether oxygens (including phenoxy) is 1. The zero-order valence-electron chi connectivity index (χ0n) is 14.2. The van der Waals surface area contributed by atoms with E-state index in [9.17, 15) is 10.0 Å². The molecule has 2 aromatic heterocycles. The van der Waals surface area contributed by atoms with E-state index in [4.69, 9.17) is 4.74 Å². The van der Waals surface area contributed by atoms with E-state index in [0.29, 0.717) is 22.7 Å². The first-order valence-electron chi connectivity index (χ1n) is 7.66. The maximum absolute atomic E-state index is 12.3. The Morgan fingerprint density at radius 1 is 1.29 bits per heavy atom. The van der Waals surface area contributed by atoms with E-state index in [1.165, 1.54) is 6.20 Å². The van der Waals surface area contributed by atoms with Gasteiger partial charge in [0, 0.05) is 0 Å². The first-order valence-corrected chi connectivity index (χ1v) is 7.66. The number of rotatable bonds is 3. The molecule has 7 nitrogen and oxygen atoms in total. The molecule has 0 saturated carbocycles. The zero-order chi connectivity index (χ0) is 17.5.